The molecular formula is C9H19N3S. The summed E-state index contributed by atoms with van der Waals surface area (Å²) >= 11 is 5.31. The minimum atomic E-state index is 0.968. The van der Waals surface area contributed by atoms with E-state index >= 15 is 0 Å². The SMILES string of the molecule is CCN1CCN(C(=S)N(C)C)CC1. The van der Waals surface area contributed by atoms with Crippen LogP contribution in [-0.2, 0) is 0 Å². The third kappa shape index (κ3) is 2.81. The monoisotopic (exact) mass is 201 g/mol. The van der Waals surface area contributed by atoms with E-state index in [1.54, 1.807) is 0 Å². The second-order valence-electron chi connectivity index (χ2n) is 3.60. The lowest BCUT2D eigenvalue weighted by Crippen LogP contribution is -2.51. The molecule has 1 fully saturated rings. The molecule has 0 unspecified atom stereocenters. The van der Waals surface area contributed by atoms with E-state index in [2.05, 4.69) is 16.7 Å². The van der Waals surface area contributed by atoms with Crippen molar-refractivity contribution in [3.63, 3.8) is 0 Å². The fraction of sp³-hybridized carbons (Fsp3) is 0.889. The first-order valence-corrected chi connectivity index (χ1v) is 5.24. The second-order valence-corrected chi connectivity index (χ2v) is 3.96. The highest BCUT2D eigenvalue weighted by Crippen LogP contribution is 2.03. The van der Waals surface area contributed by atoms with Crippen molar-refractivity contribution in [3.05, 3.63) is 0 Å². The Kier molecular flexibility index (Phi) is 3.93. The topological polar surface area (TPSA) is 9.72 Å². The van der Waals surface area contributed by atoms with Crippen LogP contribution in [0.2, 0.25) is 0 Å². The van der Waals surface area contributed by atoms with Crippen LogP contribution in [0.4, 0.5) is 0 Å². The molecule has 0 atom stereocenters. The van der Waals surface area contributed by atoms with E-state index in [0.717, 1.165) is 37.8 Å². The zero-order valence-corrected chi connectivity index (χ0v) is 9.60. The molecule has 0 radical (unpaired) electrons. The number of hydrogen-bond acceptors (Lipinski definition) is 2. The van der Waals surface area contributed by atoms with Crippen molar-refractivity contribution in [1.29, 1.82) is 0 Å². The smallest absolute Gasteiger partial charge is 0.171 e. The molecule has 0 bridgehead atoms. The first-order chi connectivity index (χ1) is 6.15. The van der Waals surface area contributed by atoms with E-state index < -0.39 is 0 Å². The van der Waals surface area contributed by atoms with Gasteiger partial charge in [-0.15, -0.1) is 0 Å². The summed E-state index contributed by atoms with van der Waals surface area (Å²) in [4.78, 5) is 6.74. The van der Waals surface area contributed by atoms with Crippen LogP contribution in [0.5, 0.6) is 0 Å². The van der Waals surface area contributed by atoms with Crippen LogP contribution >= 0.6 is 12.2 Å². The third-order valence-electron chi connectivity index (χ3n) is 2.47. The van der Waals surface area contributed by atoms with E-state index in [1.165, 1.54) is 0 Å². The van der Waals surface area contributed by atoms with Gasteiger partial charge in [0.05, 0.1) is 0 Å². The molecule has 76 valence electrons. The standard InChI is InChI=1S/C9H19N3S/c1-4-11-5-7-12(8-6-11)9(13)10(2)3/h4-8H2,1-3H3. The van der Waals surface area contributed by atoms with Gasteiger partial charge in [-0.25, -0.2) is 0 Å². The van der Waals surface area contributed by atoms with Gasteiger partial charge in [0.15, 0.2) is 5.11 Å². The highest BCUT2D eigenvalue weighted by molar-refractivity contribution is 7.80. The van der Waals surface area contributed by atoms with Crippen LogP contribution in [0.1, 0.15) is 6.92 Å². The van der Waals surface area contributed by atoms with Crippen LogP contribution in [0.3, 0.4) is 0 Å². The normalized spacial score (nSPS) is 18.8. The Morgan fingerprint density at radius 1 is 1.23 bits per heavy atom. The minimum Gasteiger partial charge on any atom is -0.355 e. The molecule has 0 aromatic rings. The molecule has 0 aromatic heterocycles. The molecule has 0 spiro atoms. The Morgan fingerprint density at radius 2 is 1.77 bits per heavy atom. The predicted octanol–water partition coefficient (Wildman–Crippen LogP) is 0.470. The van der Waals surface area contributed by atoms with E-state index in [-0.39, 0.29) is 0 Å². The van der Waals surface area contributed by atoms with Crippen LogP contribution < -0.4 is 0 Å². The Labute approximate surface area is 86.3 Å². The van der Waals surface area contributed by atoms with Gasteiger partial charge in [-0.2, -0.15) is 0 Å². The summed E-state index contributed by atoms with van der Waals surface area (Å²) in [6, 6.07) is 0. The van der Waals surface area contributed by atoms with Crippen molar-refractivity contribution in [2.45, 2.75) is 6.92 Å². The average Bonchev–Trinajstić information content (AvgIpc) is 2.17. The third-order valence-corrected chi connectivity index (χ3v) is 3.10. The molecule has 13 heavy (non-hydrogen) atoms. The number of hydrogen-bond donors (Lipinski definition) is 0. The lowest BCUT2D eigenvalue weighted by molar-refractivity contribution is 0.183. The lowest BCUT2D eigenvalue weighted by Gasteiger charge is -2.37. The lowest BCUT2D eigenvalue weighted by atomic mass is 10.3. The van der Waals surface area contributed by atoms with Gasteiger partial charge in [-0.3, -0.25) is 0 Å². The molecule has 0 amide bonds. The minimum absolute atomic E-state index is 0.968. The molecular weight excluding hydrogens is 182 g/mol. The Balaban J connectivity index is 2.36. The number of likely N-dealkylation sites (N-methyl/N-ethyl adjacent to an activating group) is 1. The Hall–Kier alpha value is -0.350. The maximum Gasteiger partial charge on any atom is 0.171 e. The van der Waals surface area contributed by atoms with Gasteiger partial charge in [-0.1, -0.05) is 6.92 Å². The first-order valence-electron chi connectivity index (χ1n) is 4.83. The summed E-state index contributed by atoms with van der Waals surface area (Å²) in [7, 11) is 4.02. The molecule has 0 N–H and O–H groups in total. The summed E-state index contributed by atoms with van der Waals surface area (Å²) in [5, 5.41) is 0.968. The van der Waals surface area contributed by atoms with Gasteiger partial charge in [0.2, 0.25) is 0 Å². The summed E-state index contributed by atoms with van der Waals surface area (Å²) < 4.78 is 0. The fourth-order valence-corrected chi connectivity index (χ4v) is 1.72. The van der Waals surface area contributed by atoms with E-state index in [9.17, 15) is 0 Å². The number of piperazine rings is 1. The van der Waals surface area contributed by atoms with Crippen LogP contribution in [-0.4, -0.2) is 66.6 Å². The van der Waals surface area contributed by atoms with Crippen molar-refractivity contribution >= 4 is 17.3 Å². The molecule has 1 saturated heterocycles. The van der Waals surface area contributed by atoms with Gasteiger partial charge in [0.1, 0.15) is 0 Å². The number of rotatable bonds is 1. The molecule has 3 nitrogen and oxygen atoms in total. The molecule has 0 aromatic carbocycles. The molecule has 1 aliphatic rings. The van der Waals surface area contributed by atoms with Gasteiger partial charge < -0.3 is 14.7 Å². The van der Waals surface area contributed by atoms with Gasteiger partial charge in [-0.05, 0) is 18.8 Å². The van der Waals surface area contributed by atoms with Crippen LogP contribution in [0, 0.1) is 0 Å². The summed E-state index contributed by atoms with van der Waals surface area (Å²) in [6.07, 6.45) is 0. The molecule has 1 aliphatic heterocycles. The largest absolute Gasteiger partial charge is 0.355 e. The molecule has 0 aliphatic carbocycles. The van der Waals surface area contributed by atoms with Crippen molar-refractivity contribution in [1.82, 2.24) is 14.7 Å². The van der Waals surface area contributed by atoms with Crippen molar-refractivity contribution in [3.8, 4) is 0 Å². The van der Waals surface area contributed by atoms with Gasteiger partial charge in [0.25, 0.3) is 0 Å². The quantitative estimate of drug-likeness (QED) is 0.570. The zero-order chi connectivity index (χ0) is 9.84. The first kappa shape index (κ1) is 10.7. The predicted molar refractivity (Wildman–Crippen MR) is 60.0 cm³/mol. The average molecular weight is 201 g/mol. The summed E-state index contributed by atoms with van der Waals surface area (Å²) in [5.74, 6) is 0. The number of nitrogens with zero attached hydrogens (tertiary/aromatic N) is 3. The van der Waals surface area contributed by atoms with E-state index in [1.807, 2.05) is 19.0 Å². The fourth-order valence-electron chi connectivity index (χ4n) is 1.54. The Morgan fingerprint density at radius 3 is 2.15 bits per heavy atom. The molecule has 4 heteroatoms. The maximum atomic E-state index is 5.31. The van der Waals surface area contributed by atoms with Crippen LogP contribution in [0.15, 0.2) is 0 Å². The molecule has 1 rings (SSSR count). The Bertz CT molecular complexity index is 174. The van der Waals surface area contributed by atoms with Gasteiger partial charge >= 0.3 is 0 Å². The molecule has 1 heterocycles. The summed E-state index contributed by atoms with van der Waals surface area (Å²) in [6.45, 7) is 7.80. The van der Waals surface area contributed by atoms with E-state index in [4.69, 9.17) is 12.2 Å². The number of thiocarbonyl (C=S) groups is 1. The van der Waals surface area contributed by atoms with Gasteiger partial charge in [0, 0.05) is 40.3 Å². The van der Waals surface area contributed by atoms with E-state index in [0.29, 0.717) is 0 Å². The van der Waals surface area contributed by atoms with Crippen molar-refractivity contribution < 1.29 is 0 Å². The summed E-state index contributed by atoms with van der Waals surface area (Å²) in [5.41, 5.74) is 0. The highest BCUT2D eigenvalue weighted by atomic mass is 32.1. The van der Waals surface area contributed by atoms with Crippen molar-refractivity contribution in [2.75, 3.05) is 46.8 Å². The second kappa shape index (κ2) is 4.77. The zero-order valence-electron chi connectivity index (χ0n) is 8.79. The van der Waals surface area contributed by atoms with Crippen molar-refractivity contribution in [2.24, 2.45) is 0 Å². The molecule has 0 saturated carbocycles. The maximum absolute atomic E-state index is 5.31. The van der Waals surface area contributed by atoms with Crippen LogP contribution in [0.25, 0.3) is 0 Å². The highest BCUT2D eigenvalue weighted by Gasteiger charge is 2.18.